The Labute approximate surface area is 90.0 Å². The molecule has 0 saturated carbocycles. The van der Waals surface area contributed by atoms with Crippen LogP contribution in [0.1, 0.15) is 16.1 Å². The molecule has 2 rings (SSSR count). The highest BCUT2D eigenvalue weighted by Gasteiger charge is 2.11. The van der Waals surface area contributed by atoms with Gasteiger partial charge in [0.1, 0.15) is 5.69 Å². The van der Waals surface area contributed by atoms with E-state index in [4.69, 9.17) is 5.11 Å². The summed E-state index contributed by atoms with van der Waals surface area (Å²) in [6, 6.07) is 2.97. The van der Waals surface area contributed by atoms with E-state index in [9.17, 15) is 9.59 Å². The van der Waals surface area contributed by atoms with E-state index in [1.165, 1.54) is 12.3 Å². The molecule has 0 aliphatic carbocycles. The summed E-state index contributed by atoms with van der Waals surface area (Å²) in [5.41, 5.74) is 1.26. The van der Waals surface area contributed by atoms with Gasteiger partial charge in [-0.3, -0.25) is 4.79 Å². The zero-order valence-electron chi connectivity index (χ0n) is 8.44. The number of hydrogen-bond acceptors (Lipinski definition) is 3. The smallest absolute Gasteiger partial charge is 0.352 e. The predicted molar refractivity (Wildman–Crippen MR) is 56.3 cm³/mol. The number of H-pyrrole nitrogens is 2. The van der Waals surface area contributed by atoms with Crippen LogP contribution >= 0.6 is 0 Å². The van der Waals surface area contributed by atoms with Crippen LogP contribution in [0.15, 0.2) is 23.1 Å². The first kappa shape index (κ1) is 10.2. The van der Waals surface area contributed by atoms with Gasteiger partial charge in [0.2, 0.25) is 0 Å². The molecule has 2 aromatic heterocycles. The van der Waals surface area contributed by atoms with Gasteiger partial charge in [-0.1, -0.05) is 0 Å². The molecule has 0 unspecified atom stereocenters. The van der Waals surface area contributed by atoms with Crippen molar-refractivity contribution in [1.29, 1.82) is 0 Å². The van der Waals surface area contributed by atoms with Crippen LogP contribution in [0.3, 0.4) is 0 Å². The normalized spacial score (nSPS) is 10.3. The van der Waals surface area contributed by atoms with Gasteiger partial charge in [0.05, 0.1) is 17.5 Å². The molecule has 0 spiro atoms. The highest BCUT2D eigenvalue weighted by molar-refractivity contribution is 5.86. The van der Waals surface area contributed by atoms with Gasteiger partial charge in [-0.05, 0) is 24.6 Å². The van der Waals surface area contributed by atoms with Crippen LogP contribution < -0.4 is 5.56 Å². The number of hydrogen-bond donors (Lipinski definition) is 3. The van der Waals surface area contributed by atoms with Gasteiger partial charge in [-0.15, -0.1) is 0 Å². The number of carbonyl (C=O) groups is 1. The molecule has 0 amide bonds. The van der Waals surface area contributed by atoms with E-state index in [0.29, 0.717) is 16.8 Å². The number of carboxylic acids is 1. The lowest BCUT2D eigenvalue weighted by Gasteiger charge is -2.00. The van der Waals surface area contributed by atoms with Crippen LogP contribution in [0.4, 0.5) is 0 Å². The van der Waals surface area contributed by atoms with Crippen LogP contribution in [0.25, 0.3) is 11.3 Å². The highest BCUT2D eigenvalue weighted by atomic mass is 16.4. The quantitative estimate of drug-likeness (QED) is 0.694. The maximum absolute atomic E-state index is 11.5. The summed E-state index contributed by atoms with van der Waals surface area (Å²) in [4.78, 5) is 24.9. The lowest BCUT2D eigenvalue weighted by Crippen LogP contribution is -2.12. The summed E-state index contributed by atoms with van der Waals surface area (Å²) in [5.74, 6) is -1.06. The van der Waals surface area contributed by atoms with Crippen LogP contribution in [0.2, 0.25) is 0 Å². The predicted octanol–water partition coefficient (Wildman–Crippen LogP) is 0.772. The molecule has 82 valence electrons. The summed E-state index contributed by atoms with van der Waals surface area (Å²) < 4.78 is 0. The number of aromatic nitrogens is 3. The Bertz CT molecular complexity index is 597. The number of aromatic carboxylic acids is 1. The molecule has 2 heterocycles. The molecule has 6 nitrogen and oxygen atoms in total. The average Bonchev–Trinajstić information content (AvgIpc) is 2.66. The topological polar surface area (TPSA) is 98.8 Å². The van der Waals surface area contributed by atoms with E-state index < -0.39 is 5.97 Å². The van der Waals surface area contributed by atoms with Crippen molar-refractivity contribution in [2.75, 3.05) is 0 Å². The van der Waals surface area contributed by atoms with Gasteiger partial charge in [0.25, 0.3) is 5.56 Å². The average molecular weight is 219 g/mol. The molecule has 0 aliphatic heterocycles. The van der Waals surface area contributed by atoms with E-state index in [2.05, 4.69) is 15.2 Å². The third kappa shape index (κ3) is 1.60. The maximum Gasteiger partial charge on any atom is 0.352 e. The maximum atomic E-state index is 11.5. The lowest BCUT2D eigenvalue weighted by atomic mass is 10.1. The van der Waals surface area contributed by atoms with Gasteiger partial charge in [-0.2, -0.15) is 5.10 Å². The summed E-state index contributed by atoms with van der Waals surface area (Å²) in [7, 11) is 0. The zero-order valence-corrected chi connectivity index (χ0v) is 8.44. The van der Waals surface area contributed by atoms with Gasteiger partial charge in [-0.25, -0.2) is 9.89 Å². The lowest BCUT2D eigenvalue weighted by molar-refractivity contribution is 0.0691. The molecule has 0 aromatic carbocycles. The number of nitrogens with one attached hydrogen (secondary N) is 2. The highest BCUT2D eigenvalue weighted by Crippen LogP contribution is 2.17. The molecule has 0 atom stereocenters. The SMILES string of the molecule is Cc1cn[nH]c(=O)c1-c1ccc(C(=O)O)[nH]1. The molecule has 0 bridgehead atoms. The Balaban J connectivity index is 2.59. The minimum atomic E-state index is -1.06. The van der Waals surface area contributed by atoms with Crippen molar-refractivity contribution < 1.29 is 9.90 Å². The second kappa shape index (κ2) is 3.65. The standard InChI is InChI=1S/C10H9N3O3/c1-5-4-11-13-9(14)8(5)6-2-3-7(12-6)10(15)16/h2-4,12H,1H3,(H,13,14)(H,15,16). The Kier molecular flexibility index (Phi) is 2.32. The zero-order chi connectivity index (χ0) is 11.7. The van der Waals surface area contributed by atoms with Crippen molar-refractivity contribution in [2.45, 2.75) is 6.92 Å². The fourth-order valence-electron chi connectivity index (χ4n) is 1.49. The van der Waals surface area contributed by atoms with E-state index in [1.807, 2.05) is 0 Å². The number of aryl methyl sites for hydroxylation is 1. The summed E-state index contributed by atoms with van der Waals surface area (Å²) in [5, 5.41) is 14.7. The van der Waals surface area contributed by atoms with Crippen molar-refractivity contribution in [1.82, 2.24) is 15.2 Å². The molecular formula is C10H9N3O3. The first-order valence-electron chi connectivity index (χ1n) is 4.56. The van der Waals surface area contributed by atoms with Gasteiger partial charge < -0.3 is 10.1 Å². The molecular weight excluding hydrogens is 210 g/mol. The molecule has 16 heavy (non-hydrogen) atoms. The molecule has 6 heteroatoms. The summed E-state index contributed by atoms with van der Waals surface area (Å²) in [6.45, 7) is 1.73. The second-order valence-corrected chi connectivity index (χ2v) is 3.35. The second-order valence-electron chi connectivity index (χ2n) is 3.35. The van der Waals surface area contributed by atoms with E-state index in [0.717, 1.165) is 0 Å². The van der Waals surface area contributed by atoms with Gasteiger partial charge in [0.15, 0.2) is 0 Å². The van der Waals surface area contributed by atoms with Gasteiger partial charge >= 0.3 is 5.97 Å². The van der Waals surface area contributed by atoms with Crippen molar-refractivity contribution in [3.63, 3.8) is 0 Å². The first-order chi connectivity index (χ1) is 7.59. The van der Waals surface area contributed by atoms with Crippen LogP contribution in [-0.4, -0.2) is 26.3 Å². The Morgan fingerprint density at radius 1 is 1.44 bits per heavy atom. The van der Waals surface area contributed by atoms with Crippen molar-refractivity contribution in [3.05, 3.63) is 39.9 Å². The Morgan fingerprint density at radius 3 is 2.75 bits per heavy atom. The van der Waals surface area contributed by atoms with Crippen molar-refractivity contribution >= 4 is 5.97 Å². The Hall–Kier alpha value is -2.37. The Morgan fingerprint density at radius 2 is 2.19 bits per heavy atom. The number of rotatable bonds is 2. The minimum absolute atomic E-state index is 0.0469. The van der Waals surface area contributed by atoms with E-state index in [1.54, 1.807) is 13.0 Å². The summed E-state index contributed by atoms with van der Waals surface area (Å²) >= 11 is 0. The third-order valence-corrected chi connectivity index (χ3v) is 2.23. The van der Waals surface area contributed by atoms with Crippen LogP contribution in [-0.2, 0) is 0 Å². The van der Waals surface area contributed by atoms with Crippen LogP contribution in [0.5, 0.6) is 0 Å². The molecule has 3 N–H and O–H groups in total. The minimum Gasteiger partial charge on any atom is -0.477 e. The number of carboxylic acid groups (broad SMARTS) is 1. The fourth-order valence-corrected chi connectivity index (χ4v) is 1.49. The third-order valence-electron chi connectivity index (χ3n) is 2.23. The van der Waals surface area contributed by atoms with Crippen LogP contribution in [0, 0.1) is 6.92 Å². The summed E-state index contributed by atoms with van der Waals surface area (Å²) in [6.07, 6.45) is 1.51. The molecule has 2 aromatic rings. The first-order valence-corrected chi connectivity index (χ1v) is 4.56. The monoisotopic (exact) mass is 219 g/mol. The number of aromatic amines is 2. The van der Waals surface area contributed by atoms with Gasteiger partial charge in [0, 0.05) is 0 Å². The van der Waals surface area contributed by atoms with E-state index >= 15 is 0 Å². The van der Waals surface area contributed by atoms with Crippen molar-refractivity contribution in [2.24, 2.45) is 0 Å². The largest absolute Gasteiger partial charge is 0.477 e. The van der Waals surface area contributed by atoms with Crippen molar-refractivity contribution in [3.8, 4) is 11.3 Å². The molecule has 0 saturated heterocycles. The van der Waals surface area contributed by atoms with E-state index in [-0.39, 0.29) is 11.3 Å². The molecule has 0 radical (unpaired) electrons. The number of nitrogens with zero attached hydrogens (tertiary/aromatic N) is 1. The molecule has 0 aliphatic rings. The molecule has 0 fully saturated rings. The fraction of sp³-hybridized carbons (Fsp3) is 0.100.